The van der Waals surface area contributed by atoms with Crippen LogP contribution >= 0.6 is 0 Å². The Kier molecular flexibility index (Phi) is 5.43. The first kappa shape index (κ1) is 17.1. The van der Waals surface area contributed by atoms with Crippen molar-refractivity contribution in [2.24, 2.45) is 5.92 Å². The van der Waals surface area contributed by atoms with Crippen LogP contribution in [0, 0.1) is 5.92 Å². The van der Waals surface area contributed by atoms with Crippen LogP contribution in [0.25, 0.3) is 11.3 Å². The van der Waals surface area contributed by atoms with Crippen molar-refractivity contribution in [2.75, 3.05) is 19.6 Å². The number of carbonyl (C=O) groups is 2. The van der Waals surface area contributed by atoms with Gasteiger partial charge in [-0.3, -0.25) is 14.6 Å². The number of hydrogen-bond donors (Lipinski definition) is 1. The molecular weight excluding hydrogens is 314 g/mol. The second-order valence-electron chi connectivity index (χ2n) is 6.46. The van der Waals surface area contributed by atoms with E-state index in [0.29, 0.717) is 18.0 Å². The first-order chi connectivity index (χ1) is 12.1. The average molecular weight is 337 g/mol. The van der Waals surface area contributed by atoms with Gasteiger partial charge in [-0.25, -0.2) is 0 Å². The molecule has 1 fully saturated rings. The number of carbonyl (C=O) groups excluding carboxylic acids is 2. The Morgan fingerprint density at radius 1 is 1.12 bits per heavy atom. The van der Waals surface area contributed by atoms with Gasteiger partial charge in [0.2, 0.25) is 5.91 Å². The van der Waals surface area contributed by atoms with Gasteiger partial charge < -0.3 is 10.2 Å². The highest BCUT2D eigenvalue weighted by Gasteiger charge is 2.21. The monoisotopic (exact) mass is 337 g/mol. The summed E-state index contributed by atoms with van der Waals surface area (Å²) in [5.41, 5.74) is 2.46. The van der Waals surface area contributed by atoms with Crippen LogP contribution in [0.2, 0.25) is 0 Å². The maximum Gasteiger partial charge on any atom is 0.252 e. The maximum absolute atomic E-state index is 12.3. The summed E-state index contributed by atoms with van der Waals surface area (Å²) < 4.78 is 0. The van der Waals surface area contributed by atoms with Crippen molar-refractivity contribution in [3.8, 4) is 11.3 Å². The minimum atomic E-state index is -0.0962. The normalized spacial score (nSPS) is 15.0. The summed E-state index contributed by atoms with van der Waals surface area (Å²) in [4.78, 5) is 29.9. The van der Waals surface area contributed by atoms with Gasteiger partial charge in [-0.15, -0.1) is 0 Å². The molecule has 0 saturated carbocycles. The largest absolute Gasteiger partial charge is 0.352 e. The van der Waals surface area contributed by atoms with Crippen LogP contribution in [0.4, 0.5) is 0 Å². The van der Waals surface area contributed by atoms with Crippen LogP contribution in [0.15, 0.2) is 48.7 Å². The first-order valence-corrected chi connectivity index (χ1v) is 8.68. The zero-order valence-electron chi connectivity index (χ0n) is 14.4. The van der Waals surface area contributed by atoms with E-state index in [1.165, 1.54) is 0 Å². The van der Waals surface area contributed by atoms with Crippen molar-refractivity contribution >= 4 is 11.8 Å². The lowest BCUT2D eigenvalue weighted by molar-refractivity contribution is -0.130. The van der Waals surface area contributed by atoms with Crippen LogP contribution in [-0.2, 0) is 4.79 Å². The van der Waals surface area contributed by atoms with Gasteiger partial charge in [-0.05, 0) is 30.9 Å². The third kappa shape index (κ3) is 4.44. The molecule has 25 heavy (non-hydrogen) atoms. The molecule has 0 unspecified atom stereocenters. The Morgan fingerprint density at radius 3 is 2.44 bits per heavy atom. The number of benzene rings is 1. The molecule has 1 aromatic heterocycles. The molecule has 1 aromatic carbocycles. The van der Waals surface area contributed by atoms with Crippen LogP contribution in [0.3, 0.4) is 0 Å². The molecule has 0 spiro atoms. The number of pyridine rings is 1. The molecule has 1 aliphatic heterocycles. The van der Waals surface area contributed by atoms with Gasteiger partial charge in [-0.2, -0.15) is 0 Å². The number of aromatic nitrogens is 1. The number of hydrogen-bond acceptors (Lipinski definition) is 3. The highest BCUT2D eigenvalue weighted by molar-refractivity contribution is 5.94. The molecule has 130 valence electrons. The topological polar surface area (TPSA) is 62.3 Å². The fraction of sp³-hybridized carbons (Fsp3) is 0.350. The lowest BCUT2D eigenvalue weighted by atomic mass is 9.96. The van der Waals surface area contributed by atoms with Gasteiger partial charge in [0.1, 0.15) is 0 Å². The maximum atomic E-state index is 12.3. The summed E-state index contributed by atoms with van der Waals surface area (Å²) in [5, 5.41) is 2.99. The van der Waals surface area contributed by atoms with E-state index in [-0.39, 0.29) is 11.8 Å². The molecule has 0 bridgehead atoms. The van der Waals surface area contributed by atoms with E-state index < -0.39 is 0 Å². The smallest absolute Gasteiger partial charge is 0.252 e. The van der Waals surface area contributed by atoms with Gasteiger partial charge in [0, 0.05) is 38.3 Å². The van der Waals surface area contributed by atoms with Gasteiger partial charge in [0.05, 0.1) is 11.3 Å². The third-order valence-corrected chi connectivity index (χ3v) is 4.71. The van der Waals surface area contributed by atoms with Crippen molar-refractivity contribution in [1.82, 2.24) is 15.2 Å². The van der Waals surface area contributed by atoms with Crippen LogP contribution in [-0.4, -0.2) is 41.3 Å². The van der Waals surface area contributed by atoms with E-state index in [1.54, 1.807) is 13.1 Å². The number of rotatable bonds is 4. The number of nitrogens with one attached hydrogen (secondary N) is 1. The SMILES string of the molecule is CC(=O)N1CCC(CNC(=O)c2ccc(-c3ccccc3)nc2)CC1. The summed E-state index contributed by atoms with van der Waals surface area (Å²) in [5.74, 6) is 0.462. The second kappa shape index (κ2) is 7.92. The third-order valence-electron chi connectivity index (χ3n) is 4.71. The molecule has 3 rings (SSSR count). The number of piperidine rings is 1. The summed E-state index contributed by atoms with van der Waals surface area (Å²) in [6, 6.07) is 13.6. The highest BCUT2D eigenvalue weighted by Crippen LogP contribution is 2.18. The summed E-state index contributed by atoms with van der Waals surface area (Å²) in [6.45, 7) is 3.81. The lowest BCUT2D eigenvalue weighted by Gasteiger charge is -2.31. The summed E-state index contributed by atoms with van der Waals surface area (Å²) >= 11 is 0. The molecule has 0 aliphatic carbocycles. The van der Waals surface area contributed by atoms with E-state index in [4.69, 9.17) is 0 Å². The summed E-state index contributed by atoms with van der Waals surface area (Å²) in [6.07, 6.45) is 3.49. The lowest BCUT2D eigenvalue weighted by Crippen LogP contribution is -2.40. The van der Waals surface area contributed by atoms with E-state index >= 15 is 0 Å². The van der Waals surface area contributed by atoms with Crippen molar-refractivity contribution in [1.29, 1.82) is 0 Å². The van der Waals surface area contributed by atoms with Crippen LogP contribution < -0.4 is 5.32 Å². The fourth-order valence-electron chi connectivity index (χ4n) is 3.10. The number of nitrogens with zero attached hydrogens (tertiary/aromatic N) is 2. The van der Waals surface area contributed by atoms with Crippen LogP contribution in [0.1, 0.15) is 30.1 Å². The second-order valence-corrected chi connectivity index (χ2v) is 6.46. The first-order valence-electron chi connectivity index (χ1n) is 8.68. The molecule has 0 atom stereocenters. The van der Waals surface area contributed by atoms with Crippen molar-refractivity contribution < 1.29 is 9.59 Å². The average Bonchev–Trinajstić information content (AvgIpc) is 2.67. The zero-order chi connectivity index (χ0) is 17.6. The van der Waals surface area contributed by atoms with Crippen molar-refractivity contribution in [2.45, 2.75) is 19.8 Å². The predicted octanol–water partition coefficient (Wildman–Crippen LogP) is 2.74. The van der Waals surface area contributed by atoms with E-state index in [0.717, 1.165) is 37.2 Å². The van der Waals surface area contributed by atoms with E-state index in [1.807, 2.05) is 47.4 Å². The zero-order valence-corrected chi connectivity index (χ0v) is 14.4. The Hall–Kier alpha value is -2.69. The molecule has 2 amide bonds. The molecule has 2 aromatic rings. The van der Waals surface area contributed by atoms with Gasteiger partial charge in [-0.1, -0.05) is 30.3 Å². The Labute approximate surface area is 148 Å². The molecule has 0 radical (unpaired) electrons. The molecule has 1 N–H and O–H groups in total. The van der Waals surface area contributed by atoms with E-state index in [2.05, 4.69) is 10.3 Å². The predicted molar refractivity (Wildman–Crippen MR) is 97.0 cm³/mol. The Bertz CT molecular complexity index is 720. The Balaban J connectivity index is 1.51. The van der Waals surface area contributed by atoms with E-state index in [9.17, 15) is 9.59 Å². The Morgan fingerprint density at radius 2 is 1.84 bits per heavy atom. The molecule has 1 aliphatic rings. The van der Waals surface area contributed by atoms with Gasteiger partial charge in [0.25, 0.3) is 5.91 Å². The molecule has 5 nitrogen and oxygen atoms in total. The van der Waals surface area contributed by atoms with Crippen molar-refractivity contribution in [3.05, 3.63) is 54.2 Å². The van der Waals surface area contributed by atoms with Gasteiger partial charge in [0.15, 0.2) is 0 Å². The van der Waals surface area contributed by atoms with Crippen LogP contribution in [0.5, 0.6) is 0 Å². The minimum absolute atomic E-state index is 0.0962. The fourth-order valence-corrected chi connectivity index (χ4v) is 3.10. The van der Waals surface area contributed by atoms with Crippen molar-refractivity contribution in [3.63, 3.8) is 0 Å². The quantitative estimate of drug-likeness (QED) is 0.933. The minimum Gasteiger partial charge on any atom is -0.352 e. The molecular formula is C20H23N3O2. The molecule has 2 heterocycles. The number of amides is 2. The highest BCUT2D eigenvalue weighted by atomic mass is 16.2. The van der Waals surface area contributed by atoms with Gasteiger partial charge >= 0.3 is 0 Å². The summed E-state index contributed by atoms with van der Waals surface area (Å²) in [7, 11) is 0. The standard InChI is InChI=1S/C20H23N3O2/c1-15(24)23-11-9-16(10-12-23)13-22-20(25)18-7-8-19(21-14-18)17-5-3-2-4-6-17/h2-8,14,16H,9-13H2,1H3,(H,22,25). The molecule has 1 saturated heterocycles. The number of likely N-dealkylation sites (tertiary alicyclic amines) is 1. The molecule has 5 heteroatoms.